The van der Waals surface area contributed by atoms with Gasteiger partial charge in [0.1, 0.15) is 11.5 Å². The molecule has 0 atom stereocenters. The molecule has 0 aliphatic heterocycles. The molecule has 0 saturated heterocycles. The van der Waals surface area contributed by atoms with Crippen LogP contribution in [0.15, 0.2) is 36.4 Å². The van der Waals surface area contributed by atoms with Crippen molar-refractivity contribution in [1.29, 1.82) is 0 Å². The summed E-state index contributed by atoms with van der Waals surface area (Å²) in [6.07, 6.45) is 0. The molecule has 9 heteroatoms. The Morgan fingerprint density at radius 3 is 2.25 bits per heavy atom. The summed E-state index contributed by atoms with van der Waals surface area (Å²) < 4.78 is 10.4. The van der Waals surface area contributed by atoms with Gasteiger partial charge in [0.05, 0.1) is 29.9 Å². The third-order valence-corrected chi connectivity index (χ3v) is 3.54. The van der Waals surface area contributed by atoms with Crippen molar-refractivity contribution in [2.45, 2.75) is 0 Å². The van der Waals surface area contributed by atoms with Crippen LogP contribution in [0.1, 0.15) is 0 Å². The van der Waals surface area contributed by atoms with Crippen LogP contribution in [0.25, 0.3) is 0 Å². The van der Waals surface area contributed by atoms with Crippen LogP contribution in [0, 0.1) is 10.1 Å². The summed E-state index contributed by atoms with van der Waals surface area (Å²) >= 11 is 11.2. The number of thiocarbonyl (C=S) groups is 1. The van der Waals surface area contributed by atoms with Crippen LogP contribution in [0.4, 0.5) is 17.1 Å². The number of nitro groups is 1. The van der Waals surface area contributed by atoms with Crippen LogP contribution >= 0.6 is 23.8 Å². The molecular weight excluding hydrogens is 354 g/mol. The van der Waals surface area contributed by atoms with Gasteiger partial charge in [-0.1, -0.05) is 11.6 Å². The lowest BCUT2D eigenvalue weighted by Crippen LogP contribution is -2.19. The fraction of sp³-hybridized carbons (Fsp3) is 0.133. The molecule has 0 aliphatic rings. The molecule has 126 valence electrons. The molecule has 2 rings (SSSR count). The number of hydrogen-bond acceptors (Lipinski definition) is 5. The Bertz CT molecular complexity index is 763. The molecule has 2 aromatic carbocycles. The van der Waals surface area contributed by atoms with E-state index >= 15 is 0 Å². The maximum atomic E-state index is 10.7. The van der Waals surface area contributed by atoms with Gasteiger partial charge in [-0.25, -0.2) is 0 Å². The van der Waals surface area contributed by atoms with Crippen molar-refractivity contribution < 1.29 is 14.4 Å². The number of halogens is 1. The quantitative estimate of drug-likeness (QED) is 0.468. The lowest BCUT2D eigenvalue weighted by molar-refractivity contribution is -0.384. The maximum absolute atomic E-state index is 10.7. The molecule has 0 fully saturated rings. The van der Waals surface area contributed by atoms with E-state index in [4.69, 9.17) is 33.3 Å². The SMILES string of the molecule is COc1cc(NC(=S)Nc2ccc([N+](=O)[O-])cc2Cl)cc(OC)c1. The van der Waals surface area contributed by atoms with E-state index in [-0.39, 0.29) is 15.8 Å². The van der Waals surface area contributed by atoms with Gasteiger partial charge in [0.15, 0.2) is 5.11 Å². The summed E-state index contributed by atoms with van der Waals surface area (Å²) in [5, 5.41) is 17.0. The van der Waals surface area contributed by atoms with E-state index in [1.54, 1.807) is 32.4 Å². The summed E-state index contributed by atoms with van der Waals surface area (Å²) in [7, 11) is 3.09. The third-order valence-electron chi connectivity index (χ3n) is 3.02. The van der Waals surface area contributed by atoms with E-state index in [0.29, 0.717) is 22.9 Å². The zero-order valence-electron chi connectivity index (χ0n) is 12.8. The van der Waals surface area contributed by atoms with Crippen LogP contribution in [0.2, 0.25) is 5.02 Å². The first-order valence-electron chi connectivity index (χ1n) is 6.68. The molecule has 0 amide bonds. The monoisotopic (exact) mass is 367 g/mol. The van der Waals surface area contributed by atoms with Gasteiger partial charge >= 0.3 is 0 Å². The summed E-state index contributed by atoms with van der Waals surface area (Å²) in [6.45, 7) is 0. The van der Waals surface area contributed by atoms with Crippen molar-refractivity contribution in [2.24, 2.45) is 0 Å². The van der Waals surface area contributed by atoms with Crippen molar-refractivity contribution in [3.63, 3.8) is 0 Å². The van der Waals surface area contributed by atoms with Gasteiger partial charge < -0.3 is 20.1 Å². The van der Waals surface area contributed by atoms with Gasteiger partial charge in [0, 0.05) is 36.0 Å². The van der Waals surface area contributed by atoms with Crippen LogP contribution in [-0.4, -0.2) is 24.3 Å². The molecule has 7 nitrogen and oxygen atoms in total. The Balaban J connectivity index is 2.12. The highest BCUT2D eigenvalue weighted by molar-refractivity contribution is 7.80. The zero-order valence-corrected chi connectivity index (χ0v) is 14.4. The lowest BCUT2D eigenvalue weighted by atomic mass is 10.2. The minimum Gasteiger partial charge on any atom is -0.497 e. The number of rotatable bonds is 5. The summed E-state index contributed by atoms with van der Waals surface area (Å²) in [6, 6.07) is 9.30. The Morgan fingerprint density at radius 1 is 1.12 bits per heavy atom. The van der Waals surface area contributed by atoms with Gasteiger partial charge in [-0.05, 0) is 18.3 Å². The Labute approximate surface area is 148 Å². The highest BCUT2D eigenvalue weighted by Crippen LogP contribution is 2.28. The van der Waals surface area contributed by atoms with Gasteiger partial charge in [0.25, 0.3) is 5.69 Å². The fourth-order valence-electron chi connectivity index (χ4n) is 1.88. The fourth-order valence-corrected chi connectivity index (χ4v) is 2.33. The maximum Gasteiger partial charge on any atom is 0.271 e. The molecule has 2 N–H and O–H groups in total. The smallest absolute Gasteiger partial charge is 0.271 e. The first-order chi connectivity index (χ1) is 11.4. The van der Waals surface area contributed by atoms with Crippen molar-refractivity contribution in [3.05, 3.63) is 51.5 Å². The van der Waals surface area contributed by atoms with E-state index in [0.717, 1.165) is 0 Å². The number of nitrogens with zero attached hydrogens (tertiary/aromatic N) is 1. The number of nitro benzene ring substituents is 1. The summed E-state index contributed by atoms with van der Waals surface area (Å²) in [5.74, 6) is 1.21. The Morgan fingerprint density at radius 2 is 1.75 bits per heavy atom. The van der Waals surface area contributed by atoms with E-state index in [2.05, 4.69) is 10.6 Å². The third kappa shape index (κ3) is 4.46. The zero-order chi connectivity index (χ0) is 17.7. The van der Waals surface area contributed by atoms with E-state index in [1.807, 2.05) is 0 Å². The van der Waals surface area contributed by atoms with E-state index in [1.165, 1.54) is 18.2 Å². The summed E-state index contributed by atoms with van der Waals surface area (Å²) in [4.78, 5) is 10.2. The molecule has 0 bridgehead atoms. The number of hydrogen-bond donors (Lipinski definition) is 2. The van der Waals surface area contributed by atoms with Crippen molar-refractivity contribution in [1.82, 2.24) is 0 Å². The second kappa shape index (κ2) is 7.80. The molecule has 0 saturated carbocycles. The molecule has 2 aromatic rings. The number of ether oxygens (including phenoxy) is 2. The predicted octanol–water partition coefficient (Wildman–Crippen LogP) is 4.07. The van der Waals surface area contributed by atoms with Gasteiger partial charge in [0.2, 0.25) is 0 Å². The van der Waals surface area contributed by atoms with Crippen molar-refractivity contribution >= 4 is 46.0 Å². The predicted molar refractivity (Wildman–Crippen MR) is 97.5 cm³/mol. The van der Waals surface area contributed by atoms with Gasteiger partial charge in [-0.15, -0.1) is 0 Å². The number of anilines is 2. The largest absolute Gasteiger partial charge is 0.497 e. The highest BCUT2D eigenvalue weighted by Gasteiger charge is 2.11. The average molecular weight is 368 g/mol. The number of benzene rings is 2. The summed E-state index contributed by atoms with van der Waals surface area (Å²) in [5.41, 5.74) is 1.01. The van der Waals surface area contributed by atoms with Crippen molar-refractivity contribution in [2.75, 3.05) is 24.9 Å². The molecule has 0 heterocycles. The Hall–Kier alpha value is -2.58. The Kier molecular flexibility index (Phi) is 5.78. The topological polar surface area (TPSA) is 85.7 Å². The van der Waals surface area contributed by atoms with Gasteiger partial charge in [-0.3, -0.25) is 10.1 Å². The first kappa shape index (κ1) is 17.8. The number of methoxy groups -OCH3 is 2. The lowest BCUT2D eigenvalue weighted by Gasteiger charge is -2.13. The number of nitrogens with one attached hydrogen (secondary N) is 2. The molecule has 0 aliphatic carbocycles. The van der Waals surface area contributed by atoms with Crippen LogP contribution in [-0.2, 0) is 0 Å². The minimum absolute atomic E-state index is 0.0954. The molecular formula is C15H14ClN3O4S. The second-order valence-electron chi connectivity index (χ2n) is 4.60. The van der Waals surface area contributed by atoms with E-state index < -0.39 is 4.92 Å². The van der Waals surface area contributed by atoms with E-state index in [9.17, 15) is 10.1 Å². The van der Waals surface area contributed by atoms with Gasteiger partial charge in [-0.2, -0.15) is 0 Å². The van der Waals surface area contributed by atoms with Crippen molar-refractivity contribution in [3.8, 4) is 11.5 Å². The molecule has 0 aromatic heterocycles. The average Bonchev–Trinajstić information content (AvgIpc) is 2.55. The minimum atomic E-state index is -0.519. The van der Waals surface area contributed by atoms with Crippen LogP contribution in [0.3, 0.4) is 0 Å². The highest BCUT2D eigenvalue weighted by atomic mass is 35.5. The first-order valence-corrected chi connectivity index (χ1v) is 7.46. The normalized spacial score (nSPS) is 9.96. The van der Waals surface area contributed by atoms with Crippen LogP contribution in [0.5, 0.6) is 11.5 Å². The number of non-ortho nitro benzene ring substituents is 1. The molecule has 0 unspecified atom stereocenters. The molecule has 0 spiro atoms. The molecule has 0 radical (unpaired) electrons. The standard InChI is InChI=1S/C15H14ClN3O4S/c1-22-11-5-9(6-12(8-11)23-2)17-15(24)18-14-4-3-10(19(20)21)7-13(14)16/h3-8H,1-2H3,(H2,17,18,24). The second-order valence-corrected chi connectivity index (χ2v) is 5.42. The van der Waals surface area contributed by atoms with Crippen LogP contribution < -0.4 is 20.1 Å². The molecule has 24 heavy (non-hydrogen) atoms.